The van der Waals surface area contributed by atoms with E-state index in [-0.39, 0.29) is 33.1 Å². The predicted octanol–water partition coefficient (Wildman–Crippen LogP) is 5.24. The summed E-state index contributed by atoms with van der Waals surface area (Å²) in [5.41, 5.74) is 5.16. The number of aromatic nitrogens is 3. The summed E-state index contributed by atoms with van der Waals surface area (Å²) in [5, 5.41) is 4.94. The molecule has 0 amide bonds. The van der Waals surface area contributed by atoms with Gasteiger partial charge in [0.2, 0.25) is 0 Å². The Kier molecular flexibility index (Phi) is 7.15. The number of fused-ring (bicyclic) bond motifs is 6. The molecular formula is C39H18B5N3S2. The van der Waals surface area contributed by atoms with Crippen LogP contribution in [0, 0.1) is 0 Å². The first kappa shape index (κ1) is 30.2. The molecule has 0 bridgehead atoms. The van der Waals surface area contributed by atoms with E-state index in [9.17, 15) is 0 Å². The minimum Gasteiger partial charge on any atom is -0.208 e. The maximum Gasteiger partial charge on any atom is 0.164 e. The molecular weight excluding hydrogens is 629 g/mol. The molecule has 3 aromatic heterocycles. The largest absolute Gasteiger partial charge is 0.208 e. The fourth-order valence-corrected chi connectivity index (χ4v) is 9.03. The Morgan fingerprint density at radius 3 is 1.57 bits per heavy atom. The first-order chi connectivity index (χ1) is 23.9. The van der Waals surface area contributed by atoms with Crippen molar-refractivity contribution in [2.24, 2.45) is 0 Å². The molecule has 0 aliphatic heterocycles. The third kappa shape index (κ3) is 4.80. The molecule has 10 heteroatoms. The van der Waals surface area contributed by atoms with Gasteiger partial charge in [0.1, 0.15) is 39.2 Å². The summed E-state index contributed by atoms with van der Waals surface area (Å²) in [6.45, 7) is 0. The van der Waals surface area contributed by atoms with E-state index in [1.807, 2.05) is 47.7 Å². The smallest absolute Gasteiger partial charge is 0.164 e. The standard InChI is InChI=1S/C39H18B5N3S2/c40-30-29(31(41)33(43)34(44)32(30)42)39-46-37(19-8-2-1-3-9-19)45-38(47-39)20-16-17-22-24-12-7-14-26(36(24)49-28(22)18-20)25-13-6-11-23-21-10-4-5-15-27(21)48-35(23)25/h1-18H. The van der Waals surface area contributed by atoms with Gasteiger partial charge in [-0.05, 0) is 12.1 Å². The van der Waals surface area contributed by atoms with Crippen LogP contribution >= 0.6 is 22.7 Å². The molecule has 0 spiro atoms. The number of thiophene rings is 2. The molecule has 0 aliphatic rings. The predicted molar refractivity (Wildman–Crippen MR) is 214 cm³/mol. The Balaban J connectivity index is 1.24. The van der Waals surface area contributed by atoms with Crippen LogP contribution < -0.4 is 27.3 Å². The highest BCUT2D eigenvalue weighted by Gasteiger charge is 2.20. The summed E-state index contributed by atoms with van der Waals surface area (Å²) in [7, 11) is 31.5. The summed E-state index contributed by atoms with van der Waals surface area (Å²) in [6, 6.07) is 37.8. The van der Waals surface area contributed by atoms with Crippen molar-refractivity contribution < 1.29 is 0 Å². The van der Waals surface area contributed by atoms with Crippen LogP contribution in [-0.4, -0.2) is 54.2 Å². The van der Waals surface area contributed by atoms with Crippen molar-refractivity contribution >= 4 is 130 Å². The van der Waals surface area contributed by atoms with Crippen molar-refractivity contribution in [3.05, 3.63) is 109 Å². The molecule has 10 radical (unpaired) electrons. The third-order valence-electron chi connectivity index (χ3n) is 9.04. The van der Waals surface area contributed by atoms with Crippen molar-refractivity contribution in [1.29, 1.82) is 0 Å². The third-order valence-corrected chi connectivity index (χ3v) is 11.5. The van der Waals surface area contributed by atoms with Gasteiger partial charge in [-0.15, -0.1) is 39.1 Å². The fraction of sp³-hybridized carbons (Fsp3) is 0. The number of hydrogen-bond donors (Lipinski definition) is 0. The number of benzene rings is 6. The van der Waals surface area contributed by atoms with Crippen LogP contribution in [0.5, 0.6) is 0 Å². The highest BCUT2D eigenvalue weighted by molar-refractivity contribution is 7.27. The van der Waals surface area contributed by atoms with Gasteiger partial charge in [-0.1, -0.05) is 108 Å². The second-order valence-corrected chi connectivity index (χ2v) is 14.0. The van der Waals surface area contributed by atoms with E-state index in [1.165, 1.54) is 46.8 Å². The highest BCUT2D eigenvalue weighted by Crippen LogP contribution is 2.45. The average Bonchev–Trinajstić information content (AvgIpc) is 3.72. The van der Waals surface area contributed by atoms with Crippen molar-refractivity contribution in [3.8, 4) is 45.3 Å². The van der Waals surface area contributed by atoms with Gasteiger partial charge in [0.25, 0.3) is 0 Å². The lowest BCUT2D eigenvalue weighted by Crippen LogP contribution is -2.55. The summed E-state index contributed by atoms with van der Waals surface area (Å²) >= 11 is 3.61. The zero-order valence-corrected chi connectivity index (χ0v) is 27.6. The minimum atomic E-state index is 0.134. The van der Waals surface area contributed by atoms with E-state index in [1.54, 1.807) is 11.3 Å². The van der Waals surface area contributed by atoms with Crippen molar-refractivity contribution in [1.82, 2.24) is 15.0 Å². The van der Waals surface area contributed by atoms with E-state index in [0.717, 1.165) is 15.8 Å². The minimum absolute atomic E-state index is 0.134. The molecule has 0 fully saturated rings. The van der Waals surface area contributed by atoms with Gasteiger partial charge >= 0.3 is 0 Å². The molecule has 0 aliphatic carbocycles. The lowest BCUT2D eigenvalue weighted by molar-refractivity contribution is 1.08. The Bertz CT molecular complexity index is 2760. The molecule has 9 rings (SSSR count). The van der Waals surface area contributed by atoms with Gasteiger partial charge < -0.3 is 0 Å². The maximum atomic E-state index is 6.46. The summed E-state index contributed by atoms with van der Waals surface area (Å²) in [5.74, 6) is 1.18. The molecule has 216 valence electrons. The van der Waals surface area contributed by atoms with E-state index in [4.69, 9.17) is 54.2 Å². The van der Waals surface area contributed by atoms with Crippen LogP contribution in [0.2, 0.25) is 0 Å². The van der Waals surface area contributed by atoms with Crippen LogP contribution in [0.4, 0.5) is 0 Å². The first-order valence-electron chi connectivity index (χ1n) is 15.6. The Labute approximate surface area is 297 Å². The fourth-order valence-electron chi connectivity index (χ4n) is 6.53. The van der Waals surface area contributed by atoms with E-state index in [2.05, 4.69) is 72.8 Å². The van der Waals surface area contributed by atoms with Crippen LogP contribution in [0.3, 0.4) is 0 Å². The second kappa shape index (κ2) is 11.6. The average molecular weight is 647 g/mol. The summed E-state index contributed by atoms with van der Waals surface area (Å²) < 4.78 is 4.93. The normalized spacial score (nSPS) is 11.7. The van der Waals surface area contributed by atoms with Gasteiger partial charge in [0.15, 0.2) is 17.5 Å². The molecule has 0 unspecified atom stereocenters. The van der Waals surface area contributed by atoms with Crippen molar-refractivity contribution in [2.75, 3.05) is 0 Å². The van der Waals surface area contributed by atoms with E-state index >= 15 is 0 Å². The molecule has 9 aromatic rings. The topological polar surface area (TPSA) is 38.7 Å². The highest BCUT2D eigenvalue weighted by atomic mass is 32.1. The first-order valence-corrected chi connectivity index (χ1v) is 17.2. The maximum absolute atomic E-state index is 6.46. The zero-order chi connectivity index (χ0) is 33.4. The van der Waals surface area contributed by atoms with Crippen LogP contribution in [-0.2, 0) is 0 Å². The molecule has 0 saturated carbocycles. The molecule has 49 heavy (non-hydrogen) atoms. The lowest BCUT2D eigenvalue weighted by atomic mass is 9.60. The van der Waals surface area contributed by atoms with Gasteiger partial charge in [0.05, 0.1) is 0 Å². The molecule has 0 N–H and O–H groups in total. The van der Waals surface area contributed by atoms with Crippen molar-refractivity contribution in [2.45, 2.75) is 0 Å². The Morgan fingerprint density at radius 1 is 0.388 bits per heavy atom. The molecule has 0 atom stereocenters. The number of nitrogens with zero attached hydrogens (tertiary/aromatic N) is 3. The Hall–Kier alpha value is -4.91. The van der Waals surface area contributed by atoms with Gasteiger partial charge in [-0.3, -0.25) is 0 Å². The molecule has 6 aromatic carbocycles. The lowest BCUT2D eigenvalue weighted by Gasteiger charge is -2.20. The van der Waals surface area contributed by atoms with Crippen LogP contribution in [0.1, 0.15) is 0 Å². The SMILES string of the molecule is [B]c1c([B])c([B])c(-c2nc(-c3ccccc3)nc(-c3ccc4c(c3)sc3c(-c5cccc6c5sc5ccccc56)cccc34)n2)c([B])c1[B]. The summed E-state index contributed by atoms with van der Waals surface area (Å²) in [6.07, 6.45) is 0. The molecule has 3 heterocycles. The quantitative estimate of drug-likeness (QED) is 0.246. The van der Waals surface area contributed by atoms with Gasteiger partial charge in [0, 0.05) is 68.2 Å². The van der Waals surface area contributed by atoms with E-state index in [0.29, 0.717) is 17.2 Å². The number of hydrogen-bond acceptors (Lipinski definition) is 5. The number of rotatable bonds is 4. The zero-order valence-electron chi connectivity index (χ0n) is 25.9. The molecule has 3 nitrogen and oxygen atoms in total. The molecule has 0 saturated heterocycles. The van der Waals surface area contributed by atoms with E-state index < -0.39 is 0 Å². The van der Waals surface area contributed by atoms with Crippen LogP contribution in [0.25, 0.3) is 85.6 Å². The monoisotopic (exact) mass is 647 g/mol. The van der Waals surface area contributed by atoms with Gasteiger partial charge in [-0.2, -0.15) is 0 Å². The van der Waals surface area contributed by atoms with Crippen molar-refractivity contribution in [3.63, 3.8) is 0 Å². The Morgan fingerprint density at radius 2 is 0.898 bits per heavy atom. The summed E-state index contributed by atoms with van der Waals surface area (Å²) in [4.78, 5) is 14.6. The second-order valence-electron chi connectivity index (χ2n) is 11.9. The van der Waals surface area contributed by atoms with Gasteiger partial charge in [-0.25, -0.2) is 15.0 Å². The van der Waals surface area contributed by atoms with Crippen LogP contribution in [0.15, 0.2) is 109 Å².